The van der Waals surface area contributed by atoms with Crippen molar-refractivity contribution in [2.45, 2.75) is 10.8 Å². The maximum atomic E-state index is 12.7. The van der Waals surface area contributed by atoms with Gasteiger partial charge < -0.3 is 9.80 Å². The molecule has 0 spiro atoms. The summed E-state index contributed by atoms with van der Waals surface area (Å²) in [6.45, 7) is 1.38. The van der Waals surface area contributed by atoms with E-state index in [0.29, 0.717) is 37.3 Å². The lowest BCUT2D eigenvalue weighted by atomic mass is 10.1. The van der Waals surface area contributed by atoms with E-state index in [1.807, 2.05) is 36.4 Å². The van der Waals surface area contributed by atoms with Crippen LogP contribution in [0, 0.1) is 0 Å². The van der Waals surface area contributed by atoms with E-state index in [4.69, 9.17) is 23.2 Å². The van der Waals surface area contributed by atoms with Crippen LogP contribution in [-0.4, -0.2) is 58.5 Å². The summed E-state index contributed by atoms with van der Waals surface area (Å²) in [5.41, 5.74) is 1.22. The quantitative estimate of drug-likeness (QED) is 0.736. The van der Waals surface area contributed by atoms with E-state index in [2.05, 4.69) is 0 Å². The van der Waals surface area contributed by atoms with Crippen molar-refractivity contribution >= 4 is 35.0 Å². The SMILES string of the molecule is O=C(c1ccccc1)N1CC(Cl)CN(C(=O)c2ccccc2)CC(Cl)C1. The van der Waals surface area contributed by atoms with Crippen LogP contribution < -0.4 is 0 Å². The van der Waals surface area contributed by atoms with E-state index in [1.54, 1.807) is 34.1 Å². The molecule has 0 unspecified atom stereocenters. The van der Waals surface area contributed by atoms with Gasteiger partial charge in [-0.25, -0.2) is 0 Å². The summed E-state index contributed by atoms with van der Waals surface area (Å²) in [5, 5.41) is -0.723. The van der Waals surface area contributed by atoms with Crippen molar-refractivity contribution in [1.82, 2.24) is 9.80 Å². The van der Waals surface area contributed by atoms with Crippen LogP contribution in [0.4, 0.5) is 0 Å². The molecule has 1 aliphatic rings. The number of benzene rings is 2. The predicted molar refractivity (Wildman–Crippen MR) is 104 cm³/mol. The molecule has 2 aromatic carbocycles. The molecule has 2 aromatic rings. The number of hydrogen-bond acceptors (Lipinski definition) is 2. The Labute approximate surface area is 163 Å². The second-order valence-corrected chi connectivity index (χ2v) is 7.58. The standard InChI is InChI=1S/C20H20Cl2N2O2/c21-17-11-23(19(25)15-7-3-1-4-8-15)12-18(22)14-24(13-17)20(26)16-9-5-2-6-10-16/h1-10,17-18H,11-14H2. The van der Waals surface area contributed by atoms with Crippen LogP contribution >= 0.6 is 23.2 Å². The van der Waals surface area contributed by atoms with Gasteiger partial charge in [-0.2, -0.15) is 0 Å². The van der Waals surface area contributed by atoms with Crippen molar-refractivity contribution in [3.05, 3.63) is 71.8 Å². The van der Waals surface area contributed by atoms with Crippen molar-refractivity contribution in [1.29, 1.82) is 0 Å². The molecular weight excluding hydrogens is 371 g/mol. The van der Waals surface area contributed by atoms with E-state index < -0.39 is 0 Å². The molecule has 26 heavy (non-hydrogen) atoms. The Morgan fingerprint density at radius 2 is 0.962 bits per heavy atom. The van der Waals surface area contributed by atoms with E-state index in [0.717, 1.165) is 0 Å². The Bertz CT molecular complexity index is 677. The molecule has 1 heterocycles. The van der Waals surface area contributed by atoms with Crippen molar-refractivity contribution in [2.75, 3.05) is 26.2 Å². The summed E-state index contributed by atoms with van der Waals surface area (Å²) >= 11 is 12.9. The van der Waals surface area contributed by atoms with Crippen LogP contribution in [0.5, 0.6) is 0 Å². The third-order valence-electron chi connectivity index (χ3n) is 4.29. The highest BCUT2D eigenvalue weighted by molar-refractivity contribution is 6.22. The highest BCUT2D eigenvalue weighted by Gasteiger charge is 2.29. The first-order chi connectivity index (χ1) is 12.5. The number of rotatable bonds is 2. The second-order valence-electron chi connectivity index (χ2n) is 6.35. The first kappa shape index (κ1) is 18.7. The molecule has 3 rings (SSSR count). The molecule has 4 nitrogen and oxygen atoms in total. The fourth-order valence-electron chi connectivity index (χ4n) is 3.08. The van der Waals surface area contributed by atoms with Gasteiger partial charge in [0, 0.05) is 37.3 Å². The minimum atomic E-state index is -0.362. The zero-order chi connectivity index (χ0) is 18.5. The molecule has 1 saturated heterocycles. The van der Waals surface area contributed by atoms with Gasteiger partial charge in [-0.15, -0.1) is 23.2 Å². The normalized spacial score (nSPS) is 21.0. The fourth-order valence-corrected chi connectivity index (χ4v) is 3.75. The van der Waals surface area contributed by atoms with E-state index in [-0.39, 0.29) is 22.6 Å². The number of carbonyl (C=O) groups excluding carboxylic acids is 2. The Kier molecular flexibility index (Phi) is 6.17. The molecule has 0 aromatic heterocycles. The monoisotopic (exact) mass is 390 g/mol. The Morgan fingerprint density at radius 3 is 1.27 bits per heavy atom. The average molecular weight is 391 g/mol. The topological polar surface area (TPSA) is 40.6 Å². The number of nitrogens with zero attached hydrogens (tertiary/aromatic N) is 2. The van der Waals surface area contributed by atoms with Gasteiger partial charge in [-0.3, -0.25) is 9.59 Å². The first-order valence-corrected chi connectivity index (χ1v) is 9.38. The van der Waals surface area contributed by atoms with Crippen molar-refractivity contribution in [3.8, 4) is 0 Å². The van der Waals surface area contributed by atoms with Gasteiger partial charge in [0.05, 0.1) is 10.8 Å². The summed E-state index contributed by atoms with van der Waals surface area (Å²) in [4.78, 5) is 28.8. The minimum absolute atomic E-state index is 0.0928. The van der Waals surface area contributed by atoms with Gasteiger partial charge in [0.2, 0.25) is 0 Å². The lowest BCUT2D eigenvalue weighted by molar-refractivity contribution is 0.0666. The van der Waals surface area contributed by atoms with Crippen LogP contribution in [0.15, 0.2) is 60.7 Å². The molecule has 0 bridgehead atoms. The summed E-state index contributed by atoms with van der Waals surface area (Å²) in [6.07, 6.45) is 0. The first-order valence-electron chi connectivity index (χ1n) is 8.51. The molecule has 0 atom stereocenters. The molecule has 0 radical (unpaired) electrons. The van der Waals surface area contributed by atoms with Crippen LogP contribution in [0.1, 0.15) is 20.7 Å². The number of halogens is 2. The number of alkyl halides is 2. The van der Waals surface area contributed by atoms with Crippen LogP contribution in [-0.2, 0) is 0 Å². The number of hydrogen-bond donors (Lipinski definition) is 0. The lowest BCUT2D eigenvalue weighted by Gasteiger charge is -2.35. The number of amides is 2. The van der Waals surface area contributed by atoms with Gasteiger partial charge >= 0.3 is 0 Å². The minimum Gasteiger partial charge on any atom is -0.336 e. The van der Waals surface area contributed by atoms with Crippen molar-refractivity contribution in [2.24, 2.45) is 0 Å². The molecule has 6 heteroatoms. The maximum Gasteiger partial charge on any atom is 0.253 e. The third-order valence-corrected chi connectivity index (χ3v) is 4.84. The summed E-state index contributed by atoms with van der Waals surface area (Å²) in [7, 11) is 0. The second kappa shape index (κ2) is 8.56. The number of carbonyl (C=O) groups is 2. The zero-order valence-electron chi connectivity index (χ0n) is 14.2. The van der Waals surface area contributed by atoms with Crippen LogP contribution in [0.2, 0.25) is 0 Å². The molecule has 1 aliphatic heterocycles. The largest absolute Gasteiger partial charge is 0.336 e. The zero-order valence-corrected chi connectivity index (χ0v) is 15.7. The smallest absolute Gasteiger partial charge is 0.253 e. The van der Waals surface area contributed by atoms with Gasteiger partial charge in [0.1, 0.15) is 0 Å². The van der Waals surface area contributed by atoms with E-state index in [9.17, 15) is 9.59 Å². The third kappa shape index (κ3) is 4.57. The van der Waals surface area contributed by atoms with Gasteiger partial charge in [0.25, 0.3) is 11.8 Å². The Balaban J connectivity index is 1.72. The summed E-state index contributed by atoms with van der Waals surface area (Å²) in [5.74, 6) is -0.186. The summed E-state index contributed by atoms with van der Waals surface area (Å²) in [6, 6.07) is 18.1. The fraction of sp³-hybridized carbons (Fsp3) is 0.300. The molecule has 136 valence electrons. The molecular formula is C20H20Cl2N2O2. The predicted octanol–water partition coefficient (Wildman–Crippen LogP) is 3.50. The van der Waals surface area contributed by atoms with E-state index >= 15 is 0 Å². The van der Waals surface area contributed by atoms with Crippen molar-refractivity contribution < 1.29 is 9.59 Å². The van der Waals surface area contributed by atoms with Crippen molar-refractivity contribution in [3.63, 3.8) is 0 Å². The molecule has 0 aliphatic carbocycles. The highest BCUT2D eigenvalue weighted by atomic mass is 35.5. The van der Waals surface area contributed by atoms with Gasteiger partial charge in [-0.05, 0) is 24.3 Å². The average Bonchev–Trinajstić information content (AvgIpc) is 2.66. The Hall–Kier alpha value is -2.04. The maximum absolute atomic E-state index is 12.7. The lowest BCUT2D eigenvalue weighted by Crippen LogP contribution is -2.50. The van der Waals surface area contributed by atoms with Crippen LogP contribution in [0.25, 0.3) is 0 Å². The van der Waals surface area contributed by atoms with Gasteiger partial charge in [0.15, 0.2) is 0 Å². The molecule has 1 fully saturated rings. The molecule has 0 N–H and O–H groups in total. The molecule has 0 saturated carbocycles. The summed E-state index contributed by atoms with van der Waals surface area (Å²) < 4.78 is 0. The highest BCUT2D eigenvalue weighted by Crippen LogP contribution is 2.17. The van der Waals surface area contributed by atoms with E-state index in [1.165, 1.54) is 0 Å². The Morgan fingerprint density at radius 1 is 0.654 bits per heavy atom. The van der Waals surface area contributed by atoms with Crippen LogP contribution in [0.3, 0.4) is 0 Å². The molecule has 2 amide bonds. The van der Waals surface area contributed by atoms with Gasteiger partial charge in [-0.1, -0.05) is 36.4 Å².